The molecule has 4 rings (SSSR count). The summed E-state index contributed by atoms with van der Waals surface area (Å²) in [6, 6.07) is 18.4. The van der Waals surface area contributed by atoms with Crippen LogP contribution in [0.15, 0.2) is 66.7 Å². The molecule has 0 atom stereocenters. The van der Waals surface area contributed by atoms with Gasteiger partial charge in [0.1, 0.15) is 5.75 Å². The van der Waals surface area contributed by atoms with Crippen LogP contribution in [0.5, 0.6) is 5.75 Å². The summed E-state index contributed by atoms with van der Waals surface area (Å²) in [6.07, 6.45) is 0. The predicted molar refractivity (Wildman–Crippen MR) is 114 cm³/mol. The molecule has 1 aliphatic rings. The molecular weight excluding hydrogens is 404 g/mol. The number of nitrogens with one attached hydrogen (secondary N) is 1. The van der Waals surface area contributed by atoms with E-state index < -0.39 is 0 Å². The molecular formula is C23H17ClN2O4. The Kier molecular flexibility index (Phi) is 5.25. The van der Waals surface area contributed by atoms with E-state index >= 15 is 0 Å². The number of fused-ring (bicyclic) bond motifs is 1. The molecule has 0 fully saturated rings. The van der Waals surface area contributed by atoms with E-state index in [4.69, 9.17) is 16.3 Å². The van der Waals surface area contributed by atoms with Crippen molar-refractivity contribution >= 4 is 40.7 Å². The molecule has 0 spiro atoms. The number of halogens is 1. The van der Waals surface area contributed by atoms with E-state index in [2.05, 4.69) is 5.32 Å². The van der Waals surface area contributed by atoms with Gasteiger partial charge < -0.3 is 10.1 Å². The van der Waals surface area contributed by atoms with Crippen LogP contribution in [0.3, 0.4) is 0 Å². The molecule has 0 saturated heterocycles. The maximum atomic E-state index is 12.6. The van der Waals surface area contributed by atoms with Crippen molar-refractivity contribution in [2.45, 2.75) is 6.92 Å². The topological polar surface area (TPSA) is 75.7 Å². The summed E-state index contributed by atoms with van der Waals surface area (Å²) in [5.74, 6) is -0.616. The fourth-order valence-electron chi connectivity index (χ4n) is 3.20. The van der Waals surface area contributed by atoms with Crippen molar-refractivity contribution in [3.05, 3.63) is 88.4 Å². The van der Waals surface area contributed by atoms with Crippen LogP contribution < -0.4 is 15.0 Å². The van der Waals surface area contributed by atoms with E-state index in [1.54, 1.807) is 66.7 Å². The van der Waals surface area contributed by atoms with Crippen LogP contribution in [-0.2, 0) is 4.79 Å². The fraction of sp³-hybridized carbons (Fsp3) is 0.0870. The standard InChI is InChI=1S/C23H17ClN2O4/c1-14-11-17(9-10-20(14)24)30-13-21(27)25-15-5-4-6-16(12-15)26-22(28)18-7-2-3-8-19(18)23(26)29/h2-12H,13H2,1H3,(H,25,27). The Morgan fingerprint density at radius 2 is 1.67 bits per heavy atom. The molecule has 3 aromatic rings. The van der Waals surface area contributed by atoms with Gasteiger partial charge in [0.05, 0.1) is 16.8 Å². The average molecular weight is 421 g/mol. The molecule has 1 heterocycles. The van der Waals surface area contributed by atoms with Crippen molar-refractivity contribution in [2.75, 3.05) is 16.8 Å². The van der Waals surface area contributed by atoms with Crippen molar-refractivity contribution in [2.24, 2.45) is 0 Å². The average Bonchev–Trinajstić information content (AvgIpc) is 3.00. The van der Waals surface area contributed by atoms with E-state index in [0.717, 1.165) is 10.5 Å². The predicted octanol–water partition coefficient (Wildman–Crippen LogP) is 4.47. The van der Waals surface area contributed by atoms with Gasteiger partial charge in [0, 0.05) is 10.7 Å². The van der Waals surface area contributed by atoms with Crippen LogP contribution in [0.1, 0.15) is 26.3 Å². The SMILES string of the molecule is Cc1cc(OCC(=O)Nc2cccc(N3C(=O)c4ccccc4C3=O)c2)ccc1Cl. The zero-order valence-corrected chi connectivity index (χ0v) is 16.8. The van der Waals surface area contributed by atoms with Crippen molar-refractivity contribution < 1.29 is 19.1 Å². The zero-order valence-electron chi connectivity index (χ0n) is 16.0. The molecule has 30 heavy (non-hydrogen) atoms. The molecule has 0 aromatic heterocycles. The Hall–Kier alpha value is -3.64. The Balaban J connectivity index is 1.45. The first-order valence-electron chi connectivity index (χ1n) is 9.21. The molecule has 6 nitrogen and oxygen atoms in total. The van der Waals surface area contributed by atoms with Gasteiger partial charge in [-0.25, -0.2) is 4.90 Å². The molecule has 0 saturated carbocycles. The lowest BCUT2D eigenvalue weighted by Crippen LogP contribution is -2.29. The zero-order chi connectivity index (χ0) is 21.3. The highest BCUT2D eigenvalue weighted by Gasteiger charge is 2.36. The normalized spacial score (nSPS) is 12.7. The van der Waals surface area contributed by atoms with Crippen LogP contribution in [0.4, 0.5) is 11.4 Å². The lowest BCUT2D eigenvalue weighted by molar-refractivity contribution is -0.118. The smallest absolute Gasteiger partial charge is 0.266 e. The summed E-state index contributed by atoms with van der Waals surface area (Å²) in [5.41, 5.74) is 2.41. The van der Waals surface area contributed by atoms with Crippen molar-refractivity contribution in [3.63, 3.8) is 0 Å². The lowest BCUT2D eigenvalue weighted by atomic mass is 10.1. The quantitative estimate of drug-likeness (QED) is 0.618. The van der Waals surface area contributed by atoms with Crippen LogP contribution in [0.25, 0.3) is 0 Å². The Morgan fingerprint density at radius 3 is 2.33 bits per heavy atom. The number of carbonyl (C=O) groups excluding carboxylic acids is 3. The second-order valence-corrected chi connectivity index (χ2v) is 7.20. The number of hydrogen-bond acceptors (Lipinski definition) is 4. The summed E-state index contributed by atoms with van der Waals surface area (Å²) < 4.78 is 5.49. The number of amides is 3. The summed E-state index contributed by atoms with van der Waals surface area (Å²) >= 11 is 5.98. The number of benzene rings is 3. The highest BCUT2D eigenvalue weighted by Crippen LogP contribution is 2.29. The maximum absolute atomic E-state index is 12.6. The molecule has 7 heteroatoms. The molecule has 150 valence electrons. The first-order chi connectivity index (χ1) is 14.4. The molecule has 3 amide bonds. The van der Waals surface area contributed by atoms with E-state index in [-0.39, 0.29) is 24.3 Å². The van der Waals surface area contributed by atoms with Crippen molar-refractivity contribution in [1.29, 1.82) is 0 Å². The fourth-order valence-corrected chi connectivity index (χ4v) is 3.32. The van der Waals surface area contributed by atoms with E-state index in [1.807, 2.05) is 6.92 Å². The van der Waals surface area contributed by atoms with Crippen LogP contribution in [0, 0.1) is 6.92 Å². The number of anilines is 2. The number of nitrogens with zero attached hydrogens (tertiary/aromatic N) is 1. The summed E-state index contributed by atoms with van der Waals surface area (Å²) in [5, 5.41) is 3.34. The lowest BCUT2D eigenvalue weighted by Gasteiger charge is -2.15. The van der Waals surface area contributed by atoms with Gasteiger partial charge in [-0.05, 0) is 61.0 Å². The van der Waals surface area contributed by atoms with Gasteiger partial charge in [0.15, 0.2) is 6.61 Å². The van der Waals surface area contributed by atoms with E-state index in [9.17, 15) is 14.4 Å². The second-order valence-electron chi connectivity index (χ2n) is 6.79. The van der Waals surface area contributed by atoms with Gasteiger partial charge in [0.2, 0.25) is 0 Å². The van der Waals surface area contributed by atoms with Crippen LogP contribution >= 0.6 is 11.6 Å². The van der Waals surface area contributed by atoms with Crippen LogP contribution in [-0.4, -0.2) is 24.3 Å². The minimum Gasteiger partial charge on any atom is -0.484 e. The number of ether oxygens (including phenoxy) is 1. The highest BCUT2D eigenvalue weighted by molar-refractivity contribution is 6.34. The number of imide groups is 1. The van der Waals surface area contributed by atoms with Gasteiger partial charge in [-0.3, -0.25) is 14.4 Å². The van der Waals surface area contributed by atoms with Crippen LogP contribution in [0.2, 0.25) is 5.02 Å². The third-order valence-corrected chi connectivity index (χ3v) is 5.11. The van der Waals surface area contributed by atoms with Crippen molar-refractivity contribution in [3.8, 4) is 5.75 Å². The number of rotatable bonds is 5. The number of carbonyl (C=O) groups is 3. The molecule has 0 aliphatic carbocycles. The van der Waals surface area contributed by atoms with Gasteiger partial charge in [-0.2, -0.15) is 0 Å². The highest BCUT2D eigenvalue weighted by atomic mass is 35.5. The Bertz CT molecular complexity index is 1140. The monoisotopic (exact) mass is 420 g/mol. The van der Waals surface area contributed by atoms with Crippen molar-refractivity contribution in [1.82, 2.24) is 0 Å². The minimum absolute atomic E-state index is 0.196. The molecule has 3 aromatic carbocycles. The Labute approximate surface area is 178 Å². The van der Waals surface area contributed by atoms with Gasteiger partial charge in [0.25, 0.3) is 17.7 Å². The minimum atomic E-state index is -0.388. The number of hydrogen-bond donors (Lipinski definition) is 1. The largest absolute Gasteiger partial charge is 0.484 e. The summed E-state index contributed by atoms with van der Waals surface area (Å²) in [4.78, 5) is 38.7. The summed E-state index contributed by atoms with van der Waals surface area (Å²) in [6.45, 7) is 1.65. The van der Waals surface area contributed by atoms with Gasteiger partial charge in [-0.15, -0.1) is 0 Å². The molecule has 1 aliphatic heterocycles. The Morgan fingerprint density at radius 1 is 0.967 bits per heavy atom. The van der Waals surface area contributed by atoms with Gasteiger partial charge in [-0.1, -0.05) is 29.8 Å². The first-order valence-corrected chi connectivity index (χ1v) is 9.58. The maximum Gasteiger partial charge on any atom is 0.266 e. The molecule has 1 N–H and O–H groups in total. The number of aryl methyl sites for hydroxylation is 1. The molecule has 0 unspecified atom stereocenters. The third kappa shape index (κ3) is 3.77. The molecule has 0 bridgehead atoms. The second kappa shape index (κ2) is 8.00. The molecule has 0 radical (unpaired) electrons. The van der Waals surface area contributed by atoms with Gasteiger partial charge >= 0.3 is 0 Å². The third-order valence-electron chi connectivity index (χ3n) is 4.68. The summed E-state index contributed by atoms with van der Waals surface area (Å²) in [7, 11) is 0. The first kappa shape index (κ1) is 19.7. The van der Waals surface area contributed by atoms with E-state index in [1.165, 1.54) is 0 Å². The van der Waals surface area contributed by atoms with E-state index in [0.29, 0.717) is 33.3 Å².